The van der Waals surface area contributed by atoms with Gasteiger partial charge in [0.05, 0.1) is 18.7 Å². The highest BCUT2D eigenvalue weighted by Crippen LogP contribution is 2.10. The Morgan fingerprint density at radius 1 is 1.26 bits per heavy atom. The SMILES string of the molecule is C/C=C1\NC(=O)c2nc(ccc2F)CNC(=O)C[C@@H](/C=C/CCSC(C)=O)OC(=O)[C@H](C)NC1=O. The third-order valence-electron chi connectivity index (χ3n) is 4.66. The molecule has 0 fully saturated rings. The van der Waals surface area contributed by atoms with E-state index in [1.807, 2.05) is 0 Å². The number of carbonyl (C=O) groups is 5. The first kappa shape index (κ1) is 27.7. The van der Waals surface area contributed by atoms with Crippen LogP contribution in [0.4, 0.5) is 4.39 Å². The van der Waals surface area contributed by atoms with Crippen molar-refractivity contribution in [2.24, 2.45) is 0 Å². The standard InChI is InChI=1S/C23H27FN4O6S/c1-4-18-21(31)26-13(2)23(33)34-16(7-5-6-10-35-14(3)29)11-19(30)25-12-15-8-9-17(24)20(27-15)22(32)28-18/h4-5,7-9,13,16H,6,10-12H2,1-3H3,(H,25,30)(H,26,31)(H,28,32)/b7-5+,18-4-/t13-,16+/m0/s1. The lowest BCUT2D eigenvalue weighted by Crippen LogP contribution is -2.44. The summed E-state index contributed by atoms with van der Waals surface area (Å²) >= 11 is 1.15. The minimum Gasteiger partial charge on any atom is -0.456 e. The van der Waals surface area contributed by atoms with Crippen molar-refractivity contribution in [3.05, 3.63) is 53.3 Å². The molecule has 0 unspecified atom stereocenters. The third-order valence-corrected chi connectivity index (χ3v) is 5.51. The second-order valence-electron chi connectivity index (χ2n) is 7.50. The minimum atomic E-state index is -1.12. The van der Waals surface area contributed by atoms with Crippen LogP contribution in [-0.4, -0.2) is 51.7 Å². The molecule has 0 aliphatic carbocycles. The molecule has 2 bridgehead atoms. The molecular weight excluding hydrogens is 479 g/mol. The Bertz CT molecular complexity index is 1060. The molecule has 10 nitrogen and oxygen atoms in total. The number of aromatic nitrogens is 1. The first-order valence-corrected chi connectivity index (χ1v) is 11.8. The number of nitrogens with zero attached hydrogens (tertiary/aromatic N) is 1. The van der Waals surface area contributed by atoms with Gasteiger partial charge in [0.15, 0.2) is 16.6 Å². The molecule has 0 saturated carbocycles. The van der Waals surface area contributed by atoms with Gasteiger partial charge in [0, 0.05) is 12.7 Å². The topological polar surface area (TPSA) is 144 Å². The minimum absolute atomic E-state index is 0.0206. The van der Waals surface area contributed by atoms with Gasteiger partial charge in [-0.25, -0.2) is 14.2 Å². The zero-order chi connectivity index (χ0) is 26.0. The molecule has 188 valence electrons. The molecule has 0 saturated heterocycles. The smallest absolute Gasteiger partial charge is 0.328 e. The Morgan fingerprint density at radius 3 is 2.69 bits per heavy atom. The number of carbonyl (C=O) groups excluding carboxylic acids is 5. The first-order valence-electron chi connectivity index (χ1n) is 10.8. The van der Waals surface area contributed by atoms with E-state index in [1.165, 1.54) is 32.9 Å². The number of thioether (sulfide) groups is 1. The van der Waals surface area contributed by atoms with Gasteiger partial charge in [0.2, 0.25) is 5.91 Å². The molecule has 1 aromatic heterocycles. The second kappa shape index (κ2) is 13.4. The average Bonchev–Trinajstić information content (AvgIpc) is 2.80. The quantitative estimate of drug-likeness (QED) is 0.241. The van der Waals surface area contributed by atoms with Crippen molar-refractivity contribution in [1.82, 2.24) is 20.9 Å². The van der Waals surface area contributed by atoms with Crippen molar-refractivity contribution in [3.63, 3.8) is 0 Å². The maximum absolute atomic E-state index is 14.2. The summed E-state index contributed by atoms with van der Waals surface area (Å²) in [5.41, 5.74) is -0.545. The van der Waals surface area contributed by atoms with Gasteiger partial charge in [-0.15, -0.1) is 0 Å². The number of esters is 1. The molecule has 1 aliphatic heterocycles. The summed E-state index contributed by atoms with van der Waals surface area (Å²) in [7, 11) is 0. The lowest BCUT2D eigenvalue weighted by Gasteiger charge is -2.20. The van der Waals surface area contributed by atoms with Gasteiger partial charge in [0.1, 0.15) is 17.8 Å². The summed E-state index contributed by atoms with van der Waals surface area (Å²) < 4.78 is 19.6. The molecule has 35 heavy (non-hydrogen) atoms. The van der Waals surface area contributed by atoms with Crippen LogP contribution in [0.1, 0.15) is 49.8 Å². The monoisotopic (exact) mass is 506 g/mol. The molecule has 3 N–H and O–H groups in total. The molecule has 1 aliphatic rings. The summed E-state index contributed by atoms with van der Waals surface area (Å²) in [6.07, 6.45) is 3.89. The zero-order valence-corrected chi connectivity index (χ0v) is 20.4. The number of allylic oxidation sites excluding steroid dienone is 2. The number of pyridine rings is 1. The van der Waals surface area contributed by atoms with Gasteiger partial charge in [-0.05, 0) is 38.5 Å². The van der Waals surface area contributed by atoms with E-state index in [4.69, 9.17) is 4.74 Å². The van der Waals surface area contributed by atoms with Crippen LogP contribution in [0.2, 0.25) is 0 Å². The predicted octanol–water partition coefficient (Wildman–Crippen LogP) is 1.52. The van der Waals surface area contributed by atoms with E-state index in [1.54, 1.807) is 12.2 Å². The Labute approximate surface area is 206 Å². The van der Waals surface area contributed by atoms with Crippen molar-refractivity contribution >= 4 is 40.6 Å². The molecule has 2 rings (SSSR count). The van der Waals surface area contributed by atoms with Crippen molar-refractivity contribution < 1.29 is 33.1 Å². The van der Waals surface area contributed by atoms with Crippen LogP contribution in [0.5, 0.6) is 0 Å². The van der Waals surface area contributed by atoms with Crippen LogP contribution in [-0.2, 0) is 30.5 Å². The Morgan fingerprint density at radius 2 is 2.00 bits per heavy atom. The number of ether oxygens (including phenoxy) is 1. The second-order valence-corrected chi connectivity index (χ2v) is 8.77. The lowest BCUT2D eigenvalue weighted by atomic mass is 10.2. The number of nitrogens with one attached hydrogen (secondary N) is 3. The van der Waals surface area contributed by atoms with Crippen LogP contribution in [0, 0.1) is 5.82 Å². The van der Waals surface area contributed by atoms with Gasteiger partial charge in [-0.1, -0.05) is 23.9 Å². The van der Waals surface area contributed by atoms with E-state index in [0.29, 0.717) is 12.2 Å². The maximum atomic E-state index is 14.2. The van der Waals surface area contributed by atoms with Crippen LogP contribution >= 0.6 is 11.8 Å². The normalized spacial score (nSPS) is 21.3. The highest BCUT2D eigenvalue weighted by Gasteiger charge is 2.25. The van der Waals surface area contributed by atoms with Gasteiger partial charge in [0.25, 0.3) is 11.8 Å². The number of rotatable bonds is 4. The van der Waals surface area contributed by atoms with Gasteiger partial charge >= 0.3 is 5.97 Å². The van der Waals surface area contributed by atoms with Crippen LogP contribution < -0.4 is 16.0 Å². The van der Waals surface area contributed by atoms with Crippen molar-refractivity contribution in [2.75, 3.05) is 5.75 Å². The summed E-state index contributed by atoms with van der Waals surface area (Å²) in [4.78, 5) is 65.1. The molecule has 0 aromatic carbocycles. The summed E-state index contributed by atoms with van der Waals surface area (Å²) in [6, 6.07) is 1.23. The van der Waals surface area contributed by atoms with Gasteiger partial charge in [-0.2, -0.15) is 0 Å². The number of amides is 3. The van der Waals surface area contributed by atoms with E-state index in [2.05, 4.69) is 20.9 Å². The van der Waals surface area contributed by atoms with Crippen molar-refractivity contribution in [2.45, 2.75) is 52.3 Å². The van der Waals surface area contributed by atoms with Gasteiger partial charge in [-0.3, -0.25) is 19.2 Å². The summed E-state index contributed by atoms with van der Waals surface area (Å²) in [5.74, 6) is -3.41. The maximum Gasteiger partial charge on any atom is 0.328 e. The Balaban J connectivity index is 2.29. The molecule has 2 atom stereocenters. The fraction of sp³-hybridized carbons (Fsp3) is 0.391. The third kappa shape index (κ3) is 8.96. The molecule has 12 heteroatoms. The highest BCUT2D eigenvalue weighted by molar-refractivity contribution is 8.13. The fourth-order valence-electron chi connectivity index (χ4n) is 2.88. The number of cyclic esters (lactones) is 1. The predicted molar refractivity (Wildman–Crippen MR) is 126 cm³/mol. The number of halogens is 1. The van der Waals surface area contributed by atoms with E-state index in [9.17, 15) is 28.4 Å². The molecule has 3 amide bonds. The Kier molecular flexibility index (Phi) is 10.6. The molecule has 2 heterocycles. The van der Waals surface area contributed by atoms with Crippen LogP contribution in [0.15, 0.2) is 36.1 Å². The van der Waals surface area contributed by atoms with Crippen molar-refractivity contribution in [1.29, 1.82) is 0 Å². The summed E-state index contributed by atoms with van der Waals surface area (Å²) in [5, 5.41) is 7.25. The van der Waals surface area contributed by atoms with Crippen LogP contribution in [0.3, 0.4) is 0 Å². The molecule has 0 spiro atoms. The van der Waals surface area contributed by atoms with E-state index >= 15 is 0 Å². The van der Waals surface area contributed by atoms with E-state index in [-0.39, 0.29) is 29.5 Å². The van der Waals surface area contributed by atoms with Crippen LogP contribution in [0.25, 0.3) is 0 Å². The zero-order valence-electron chi connectivity index (χ0n) is 19.6. The van der Waals surface area contributed by atoms with Gasteiger partial charge < -0.3 is 20.7 Å². The van der Waals surface area contributed by atoms with Crippen molar-refractivity contribution in [3.8, 4) is 0 Å². The summed E-state index contributed by atoms with van der Waals surface area (Å²) in [6.45, 7) is 4.22. The van der Waals surface area contributed by atoms with E-state index < -0.39 is 47.3 Å². The lowest BCUT2D eigenvalue weighted by molar-refractivity contribution is -0.151. The highest BCUT2D eigenvalue weighted by atomic mass is 32.2. The number of fused-ring (bicyclic) bond motifs is 2. The first-order chi connectivity index (χ1) is 16.6. The molecular formula is C23H27FN4O6S. The number of hydrogen-bond acceptors (Lipinski definition) is 8. The number of hydrogen-bond donors (Lipinski definition) is 3. The largest absolute Gasteiger partial charge is 0.456 e. The fourth-order valence-corrected chi connectivity index (χ4v) is 3.42. The van der Waals surface area contributed by atoms with E-state index in [0.717, 1.165) is 17.8 Å². The average molecular weight is 507 g/mol. The molecule has 1 aromatic rings. The molecule has 0 radical (unpaired) electrons. The Hall–Kier alpha value is -3.54.